The molecule has 0 spiro atoms. The minimum Gasteiger partial charge on any atom is -0.388 e. The monoisotopic (exact) mass is 420 g/mol. The van der Waals surface area contributed by atoms with Crippen LogP contribution in [0.4, 0.5) is 13.2 Å². The molecular formula is C9H5BrF3IN2O. The van der Waals surface area contributed by atoms with E-state index in [0.717, 1.165) is 0 Å². The summed E-state index contributed by atoms with van der Waals surface area (Å²) in [6.45, 7) is 0. The maximum atomic E-state index is 12.1. The molecule has 0 N–H and O–H groups in total. The second kappa shape index (κ2) is 5.86. The second-order valence-electron chi connectivity index (χ2n) is 2.90. The number of nitrogens with zero attached hydrogens (tertiary/aromatic N) is 2. The van der Waals surface area contributed by atoms with Crippen molar-refractivity contribution < 1.29 is 17.9 Å². The molecule has 0 unspecified atom stereocenters. The maximum Gasteiger partial charge on any atom is 0.574 e. The Balaban J connectivity index is 3.22. The third-order valence-electron chi connectivity index (χ3n) is 1.75. The molecule has 1 rings (SSSR count). The molecule has 0 atom stereocenters. The van der Waals surface area contributed by atoms with Crippen molar-refractivity contribution >= 4 is 38.5 Å². The van der Waals surface area contributed by atoms with E-state index in [0.29, 0.717) is 14.5 Å². The topological polar surface area (TPSA) is 45.9 Å². The Labute approximate surface area is 117 Å². The van der Waals surface area contributed by atoms with Crippen LogP contribution in [-0.2, 0) is 11.8 Å². The molecule has 0 aliphatic rings. The SMILES string of the molecule is N#CCc1c(OC(F)(F)F)ncc(CBr)c1I. The molecule has 0 aliphatic carbocycles. The first kappa shape index (κ1) is 14.5. The summed E-state index contributed by atoms with van der Waals surface area (Å²) >= 11 is 5.06. The van der Waals surface area contributed by atoms with Crippen LogP contribution in [-0.4, -0.2) is 11.3 Å². The van der Waals surface area contributed by atoms with Crippen molar-refractivity contribution in [2.75, 3.05) is 0 Å². The van der Waals surface area contributed by atoms with Crippen molar-refractivity contribution in [2.24, 2.45) is 0 Å². The van der Waals surface area contributed by atoms with Gasteiger partial charge in [0.15, 0.2) is 0 Å². The predicted octanol–water partition coefficient (Wildman–Crippen LogP) is 3.55. The van der Waals surface area contributed by atoms with Crippen LogP contribution in [0.1, 0.15) is 11.1 Å². The minimum absolute atomic E-state index is 0.155. The van der Waals surface area contributed by atoms with E-state index in [1.165, 1.54) is 6.20 Å². The summed E-state index contributed by atoms with van der Waals surface area (Å²) in [5, 5.41) is 9.05. The zero-order valence-electron chi connectivity index (χ0n) is 8.18. The van der Waals surface area contributed by atoms with Gasteiger partial charge < -0.3 is 4.74 Å². The number of halogens is 5. The van der Waals surface area contributed by atoms with Gasteiger partial charge in [-0.3, -0.25) is 0 Å². The molecule has 8 heteroatoms. The van der Waals surface area contributed by atoms with Crippen LogP contribution < -0.4 is 4.74 Å². The largest absolute Gasteiger partial charge is 0.574 e. The Morgan fingerprint density at radius 1 is 1.53 bits per heavy atom. The Hall–Kier alpha value is -0.560. The zero-order chi connectivity index (χ0) is 13.1. The lowest BCUT2D eigenvalue weighted by molar-refractivity contribution is -0.276. The van der Waals surface area contributed by atoms with Gasteiger partial charge in [0, 0.05) is 20.7 Å². The van der Waals surface area contributed by atoms with Gasteiger partial charge in [0.1, 0.15) is 0 Å². The highest BCUT2D eigenvalue weighted by atomic mass is 127. The average Bonchev–Trinajstić information content (AvgIpc) is 2.22. The number of pyridine rings is 1. The van der Waals surface area contributed by atoms with Gasteiger partial charge in [-0.25, -0.2) is 4.98 Å². The molecule has 0 radical (unpaired) electrons. The number of hydrogen-bond acceptors (Lipinski definition) is 3. The molecule has 92 valence electrons. The summed E-state index contributed by atoms with van der Waals surface area (Å²) in [5.41, 5.74) is 0.868. The van der Waals surface area contributed by atoms with E-state index in [2.05, 4.69) is 25.7 Å². The molecule has 0 aliphatic heterocycles. The molecule has 17 heavy (non-hydrogen) atoms. The van der Waals surface area contributed by atoms with Gasteiger partial charge in [-0.2, -0.15) is 5.26 Å². The molecule has 0 fully saturated rings. The number of hydrogen-bond donors (Lipinski definition) is 0. The Bertz CT molecular complexity index is 459. The van der Waals surface area contributed by atoms with Crippen molar-refractivity contribution in [1.29, 1.82) is 5.26 Å². The standard InChI is InChI=1S/C9H5BrF3IN2O/c10-3-5-4-16-8(17-9(11,12)13)6(1-2-15)7(5)14/h4H,1,3H2. The molecule has 1 aromatic heterocycles. The van der Waals surface area contributed by atoms with Gasteiger partial charge in [0.05, 0.1) is 12.5 Å². The Kier molecular flexibility index (Phi) is 5.00. The first-order chi connectivity index (χ1) is 7.89. The van der Waals surface area contributed by atoms with Crippen molar-refractivity contribution in [3.8, 4) is 11.9 Å². The second-order valence-corrected chi connectivity index (χ2v) is 4.54. The van der Waals surface area contributed by atoms with E-state index in [-0.39, 0.29) is 12.0 Å². The number of aromatic nitrogens is 1. The number of ether oxygens (including phenoxy) is 1. The van der Waals surface area contributed by atoms with Gasteiger partial charge in [0.2, 0.25) is 5.88 Å². The molecule has 0 bridgehead atoms. The molecule has 1 heterocycles. The Morgan fingerprint density at radius 3 is 2.65 bits per heavy atom. The van der Waals surface area contributed by atoms with Gasteiger partial charge in [-0.05, 0) is 28.2 Å². The number of nitriles is 1. The number of alkyl halides is 4. The van der Waals surface area contributed by atoms with E-state index in [1.807, 2.05) is 22.6 Å². The highest BCUT2D eigenvalue weighted by Crippen LogP contribution is 2.30. The van der Waals surface area contributed by atoms with Crippen molar-refractivity contribution in [1.82, 2.24) is 4.98 Å². The van der Waals surface area contributed by atoms with E-state index in [4.69, 9.17) is 5.26 Å². The van der Waals surface area contributed by atoms with Gasteiger partial charge >= 0.3 is 6.36 Å². The van der Waals surface area contributed by atoms with Crippen LogP contribution in [0.15, 0.2) is 6.20 Å². The van der Waals surface area contributed by atoms with Gasteiger partial charge in [0.25, 0.3) is 0 Å². The quantitative estimate of drug-likeness (QED) is 0.555. The van der Waals surface area contributed by atoms with Gasteiger partial charge in [-0.15, -0.1) is 13.2 Å². The van der Waals surface area contributed by atoms with Crippen LogP contribution in [0.2, 0.25) is 0 Å². The first-order valence-corrected chi connectivity index (χ1v) is 6.44. The predicted molar refractivity (Wildman–Crippen MR) is 65.6 cm³/mol. The van der Waals surface area contributed by atoms with Crippen molar-refractivity contribution in [3.63, 3.8) is 0 Å². The van der Waals surface area contributed by atoms with Crippen LogP contribution >= 0.6 is 38.5 Å². The zero-order valence-corrected chi connectivity index (χ0v) is 11.9. The van der Waals surface area contributed by atoms with Crippen LogP contribution in [0.3, 0.4) is 0 Å². The molecular weight excluding hydrogens is 416 g/mol. The maximum absolute atomic E-state index is 12.1. The summed E-state index contributed by atoms with van der Waals surface area (Å²) in [6.07, 6.45) is -3.70. The summed E-state index contributed by atoms with van der Waals surface area (Å²) in [4.78, 5) is 3.59. The third-order valence-corrected chi connectivity index (χ3v) is 3.70. The highest BCUT2D eigenvalue weighted by molar-refractivity contribution is 14.1. The summed E-state index contributed by atoms with van der Waals surface area (Å²) in [7, 11) is 0. The van der Waals surface area contributed by atoms with Crippen molar-refractivity contribution in [3.05, 3.63) is 20.9 Å². The lowest BCUT2D eigenvalue weighted by atomic mass is 10.1. The van der Waals surface area contributed by atoms with Crippen molar-refractivity contribution in [2.45, 2.75) is 18.1 Å². The summed E-state index contributed by atoms with van der Waals surface area (Å²) in [6, 6.07) is 1.79. The lowest BCUT2D eigenvalue weighted by Crippen LogP contribution is -2.19. The molecule has 0 saturated heterocycles. The van der Waals surface area contributed by atoms with E-state index >= 15 is 0 Å². The van der Waals surface area contributed by atoms with Crippen LogP contribution in [0.25, 0.3) is 0 Å². The fourth-order valence-corrected chi connectivity index (χ4v) is 2.78. The molecule has 0 saturated carbocycles. The lowest BCUT2D eigenvalue weighted by Gasteiger charge is -2.13. The smallest absolute Gasteiger partial charge is 0.388 e. The minimum atomic E-state index is -4.81. The van der Waals surface area contributed by atoms with E-state index in [9.17, 15) is 13.2 Å². The molecule has 1 aromatic rings. The summed E-state index contributed by atoms with van der Waals surface area (Å²) in [5.74, 6) is -0.562. The number of rotatable bonds is 3. The fourth-order valence-electron chi connectivity index (χ4n) is 1.08. The van der Waals surface area contributed by atoms with E-state index < -0.39 is 12.2 Å². The van der Waals surface area contributed by atoms with E-state index in [1.54, 1.807) is 6.07 Å². The molecule has 0 amide bonds. The molecule has 3 nitrogen and oxygen atoms in total. The van der Waals surface area contributed by atoms with Gasteiger partial charge in [-0.1, -0.05) is 15.9 Å². The highest BCUT2D eigenvalue weighted by Gasteiger charge is 2.33. The third kappa shape index (κ3) is 3.99. The molecule has 0 aromatic carbocycles. The fraction of sp³-hybridized carbons (Fsp3) is 0.333. The van der Waals surface area contributed by atoms with Crippen LogP contribution in [0.5, 0.6) is 5.88 Å². The Morgan fingerprint density at radius 2 is 2.18 bits per heavy atom. The normalized spacial score (nSPS) is 11.1. The average molecular weight is 421 g/mol. The van der Waals surface area contributed by atoms with Crippen LogP contribution in [0, 0.1) is 14.9 Å². The first-order valence-electron chi connectivity index (χ1n) is 4.24. The summed E-state index contributed by atoms with van der Waals surface area (Å²) < 4.78 is 40.7.